The summed E-state index contributed by atoms with van der Waals surface area (Å²) in [5.74, 6) is 0. The summed E-state index contributed by atoms with van der Waals surface area (Å²) in [7, 11) is 0. The van der Waals surface area contributed by atoms with Crippen LogP contribution in [-0.4, -0.2) is 16.0 Å². The van der Waals surface area contributed by atoms with Gasteiger partial charge in [-0.3, -0.25) is 0 Å². The first-order valence-electron chi connectivity index (χ1n) is 2.53. The molecule has 41 valence electrons. The first kappa shape index (κ1) is 5.87. The van der Waals surface area contributed by atoms with Crippen LogP contribution in [0.5, 0.6) is 0 Å². The summed E-state index contributed by atoms with van der Waals surface area (Å²) in [4.78, 5) is 0. The molecular formula is C7H7Se. The maximum absolute atomic E-state index is 2.94. The predicted octanol–water partition coefficient (Wildman–Crippen LogP) is 0.789. The molecule has 0 saturated heterocycles. The fourth-order valence-electron chi connectivity index (χ4n) is 0.615. The molecule has 1 radical (unpaired) electrons. The summed E-state index contributed by atoms with van der Waals surface area (Å²) >= 11 is 2.94. The van der Waals surface area contributed by atoms with Crippen molar-refractivity contribution in [1.29, 1.82) is 0 Å². The van der Waals surface area contributed by atoms with Crippen LogP contribution >= 0.6 is 0 Å². The Kier molecular flexibility index (Phi) is 1.72. The van der Waals surface area contributed by atoms with Gasteiger partial charge in [0.15, 0.2) is 0 Å². The number of rotatable bonds is 0. The monoisotopic (exact) mass is 171 g/mol. The molecular weight excluding hydrogens is 163 g/mol. The minimum atomic E-state index is 1.21. The minimum absolute atomic E-state index is 1.21. The third-order valence-corrected chi connectivity index (χ3v) is 1.52. The molecule has 0 aromatic heterocycles. The second kappa shape index (κ2) is 2.34. The van der Waals surface area contributed by atoms with E-state index in [0.29, 0.717) is 0 Å². The van der Waals surface area contributed by atoms with Gasteiger partial charge in [-0.15, -0.1) is 0 Å². The number of hydrogen-bond donors (Lipinski definition) is 0. The van der Waals surface area contributed by atoms with Gasteiger partial charge in [0.1, 0.15) is 0 Å². The van der Waals surface area contributed by atoms with Crippen molar-refractivity contribution in [2.24, 2.45) is 0 Å². The van der Waals surface area contributed by atoms with Gasteiger partial charge in [-0.2, -0.15) is 0 Å². The van der Waals surface area contributed by atoms with Gasteiger partial charge in [0.2, 0.25) is 0 Å². The standard InChI is InChI=1S/C7H7Se/c1-6-3-2-4-7(8)5-6/h2-5H,1H3. The Bertz CT molecular complexity index is 164. The van der Waals surface area contributed by atoms with Crippen molar-refractivity contribution in [3.63, 3.8) is 0 Å². The molecule has 0 amide bonds. The third kappa shape index (κ3) is 1.36. The second-order valence-electron chi connectivity index (χ2n) is 1.82. The van der Waals surface area contributed by atoms with Crippen LogP contribution in [0.1, 0.15) is 5.56 Å². The van der Waals surface area contributed by atoms with Crippen molar-refractivity contribution >= 4 is 20.5 Å². The molecule has 0 bridgehead atoms. The SMILES string of the molecule is Cc1cccc([Se])c1. The van der Waals surface area contributed by atoms with Crippen LogP contribution < -0.4 is 4.46 Å². The van der Waals surface area contributed by atoms with Gasteiger partial charge in [0, 0.05) is 0 Å². The van der Waals surface area contributed by atoms with Crippen molar-refractivity contribution in [2.75, 3.05) is 0 Å². The molecule has 1 aromatic rings. The van der Waals surface area contributed by atoms with Gasteiger partial charge in [-0.1, -0.05) is 0 Å². The molecule has 1 rings (SSSR count). The Morgan fingerprint density at radius 1 is 1.38 bits per heavy atom. The normalized spacial score (nSPS) is 9.12. The van der Waals surface area contributed by atoms with E-state index in [-0.39, 0.29) is 0 Å². The Morgan fingerprint density at radius 2 is 2.12 bits per heavy atom. The summed E-state index contributed by atoms with van der Waals surface area (Å²) in [6, 6.07) is 8.29. The van der Waals surface area contributed by atoms with E-state index in [1.807, 2.05) is 12.1 Å². The van der Waals surface area contributed by atoms with E-state index in [9.17, 15) is 0 Å². The Balaban J connectivity index is 3.08. The van der Waals surface area contributed by atoms with Crippen molar-refractivity contribution in [1.82, 2.24) is 0 Å². The Hall–Kier alpha value is -0.261. The molecule has 0 unspecified atom stereocenters. The second-order valence-corrected chi connectivity index (χ2v) is 2.81. The summed E-state index contributed by atoms with van der Waals surface area (Å²) in [6.45, 7) is 2.08. The van der Waals surface area contributed by atoms with Gasteiger partial charge in [0.25, 0.3) is 0 Å². The van der Waals surface area contributed by atoms with Crippen LogP contribution in [0.25, 0.3) is 0 Å². The van der Waals surface area contributed by atoms with E-state index in [1.165, 1.54) is 10.0 Å². The van der Waals surface area contributed by atoms with E-state index in [1.54, 1.807) is 0 Å². The predicted molar refractivity (Wildman–Crippen MR) is 36.6 cm³/mol. The zero-order valence-corrected chi connectivity index (χ0v) is 6.43. The maximum atomic E-state index is 2.94. The molecule has 0 aliphatic rings. The molecule has 0 N–H and O–H groups in total. The van der Waals surface area contributed by atoms with Crippen molar-refractivity contribution in [3.8, 4) is 0 Å². The zero-order chi connectivity index (χ0) is 5.98. The topological polar surface area (TPSA) is 0 Å². The molecule has 0 nitrogen and oxygen atoms in total. The van der Waals surface area contributed by atoms with Crippen molar-refractivity contribution in [2.45, 2.75) is 6.92 Å². The van der Waals surface area contributed by atoms with Gasteiger partial charge in [-0.05, 0) is 0 Å². The molecule has 1 heteroatoms. The van der Waals surface area contributed by atoms with Crippen LogP contribution in [-0.2, 0) is 0 Å². The Labute approximate surface area is 57.7 Å². The van der Waals surface area contributed by atoms with E-state index in [0.717, 1.165) is 0 Å². The zero-order valence-electron chi connectivity index (χ0n) is 4.72. The van der Waals surface area contributed by atoms with E-state index >= 15 is 0 Å². The average Bonchev–Trinajstić information content (AvgIpc) is 1.64. The average molecular weight is 170 g/mol. The van der Waals surface area contributed by atoms with Crippen LogP contribution in [0.2, 0.25) is 0 Å². The Morgan fingerprint density at radius 3 is 2.50 bits per heavy atom. The molecule has 8 heavy (non-hydrogen) atoms. The van der Waals surface area contributed by atoms with Crippen molar-refractivity contribution < 1.29 is 0 Å². The van der Waals surface area contributed by atoms with Gasteiger partial charge in [0.05, 0.1) is 0 Å². The first-order chi connectivity index (χ1) is 3.79. The molecule has 0 aliphatic heterocycles. The molecule has 0 aliphatic carbocycles. The first-order valence-corrected chi connectivity index (χ1v) is 3.38. The van der Waals surface area contributed by atoms with Gasteiger partial charge in [-0.25, -0.2) is 0 Å². The number of hydrogen-bond acceptors (Lipinski definition) is 0. The fourth-order valence-corrected chi connectivity index (χ4v) is 1.17. The van der Waals surface area contributed by atoms with Crippen LogP contribution in [0.15, 0.2) is 24.3 Å². The quantitative estimate of drug-likeness (QED) is 0.505. The summed E-state index contributed by atoms with van der Waals surface area (Å²) in [5, 5.41) is 0. The molecule has 0 saturated carbocycles. The number of benzene rings is 1. The van der Waals surface area contributed by atoms with Crippen molar-refractivity contribution in [3.05, 3.63) is 29.8 Å². The van der Waals surface area contributed by atoms with E-state index < -0.39 is 0 Å². The fraction of sp³-hybridized carbons (Fsp3) is 0.143. The summed E-state index contributed by atoms with van der Waals surface area (Å²) in [6.07, 6.45) is 0. The van der Waals surface area contributed by atoms with Crippen LogP contribution in [0.4, 0.5) is 0 Å². The molecule has 0 fully saturated rings. The summed E-state index contributed by atoms with van der Waals surface area (Å²) < 4.78 is 1.21. The van der Waals surface area contributed by atoms with Gasteiger partial charge >= 0.3 is 57.2 Å². The van der Waals surface area contributed by atoms with E-state index in [4.69, 9.17) is 0 Å². The third-order valence-electron chi connectivity index (χ3n) is 0.990. The molecule has 0 spiro atoms. The molecule has 0 atom stereocenters. The molecule has 0 heterocycles. The van der Waals surface area contributed by atoms with Crippen LogP contribution in [0.3, 0.4) is 0 Å². The van der Waals surface area contributed by atoms with Gasteiger partial charge < -0.3 is 0 Å². The number of aryl methyl sites for hydroxylation is 1. The van der Waals surface area contributed by atoms with Crippen LogP contribution in [0, 0.1) is 6.92 Å². The summed E-state index contributed by atoms with van der Waals surface area (Å²) in [5.41, 5.74) is 1.31. The molecule has 1 aromatic carbocycles. The van der Waals surface area contributed by atoms with E-state index in [2.05, 4.69) is 35.1 Å².